The van der Waals surface area contributed by atoms with Crippen molar-refractivity contribution in [3.63, 3.8) is 0 Å². The predicted octanol–water partition coefficient (Wildman–Crippen LogP) is 6.89. The molecule has 0 bridgehead atoms. The van der Waals surface area contributed by atoms with E-state index in [9.17, 15) is 26.4 Å². The number of nitrogens with zero attached hydrogens (tertiary/aromatic N) is 1. The molecule has 0 heterocycles. The van der Waals surface area contributed by atoms with Crippen LogP contribution in [0.15, 0.2) is 42.5 Å². The minimum Gasteiger partial charge on any atom is -0.465 e. The zero-order valence-corrected chi connectivity index (χ0v) is 22.3. The Balaban J connectivity index is 1.90. The van der Waals surface area contributed by atoms with Crippen LogP contribution in [0.2, 0.25) is 0 Å². The summed E-state index contributed by atoms with van der Waals surface area (Å²) in [6.07, 6.45) is 0.216. The fraction of sp³-hybridized carbons (Fsp3) is 0.536. The smallest absolute Gasteiger partial charge is 0.389 e. The number of aryl methyl sites for hydroxylation is 1. The topological polar surface area (TPSA) is 63.7 Å². The van der Waals surface area contributed by atoms with Crippen LogP contribution in [0, 0.1) is 12.8 Å². The zero-order chi connectivity index (χ0) is 27.1. The molecule has 0 aliphatic heterocycles. The molecule has 0 unspecified atom stereocenters. The molecule has 1 aliphatic carbocycles. The molecule has 37 heavy (non-hydrogen) atoms. The van der Waals surface area contributed by atoms with E-state index >= 15 is 0 Å². The quantitative estimate of drug-likeness (QED) is 0.292. The number of hydrogen-bond acceptors (Lipinski definition) is 4. The maximum Gasteiger partial charge on any atom is 0.389 e. The lowest BCUT2D eigenvalue weighted by atomic mass is 9.87. The number of esters is 1. The fourth-order valence-electron chi connectivity index (χ4n) is 4.98. The van der Waals surface area contributed by atoms with E-state index in [1.807, 2.05) is 31.2 Å². The highest BCUT2D eigenvalue weighted by atomic mass is 32.2. The van der Waals surface area contributed by atoms with E-state index in [0.29, 0.717) is 29.0 Å². The van der Waals surface area contributed by atoms with Crippen LogP contribution in [-0.2, 0) is 21.3 Å². The van der Waals surface area contributed by atoms with E-state index in [1.54, 1.807) is 18.2 Å². The minimum atomic E-state index is -4.39. The standard InChI is InChI=1S/C28H36F3NO4S/c1-21-9-6-7-12-24(21)26-19-23(13-14-25(26)27(33)36-2)20-32(17-15-22-10-4-3-5-11-22)37(34,35)18-8-16-28(29,30)31/h6-7,9,12-14,19,22H,3-5,8,10-11,15-18,20H2,1-2H3. The van der Waals surface area contributed by atoms with Gasteiger partial charge in [0.25, 0.3) is 0 Å². The van der Waals surface area contributed by atoms with Crippen LogP contribution in [0.3, 0.4) is 0 Å². The van der Waals surface area contributed by atoms with Gasteiger partial charge in [-0.3, -0.25) is 0 Å². The highest BCUT2D eigenvalue weighted by molar-refractivity contribution is 7.89. The van der Waals surface area contributed by atoms with Crippen LogP contribution in [0.25, 0.3) is 11.1 Å². The Kier molecular flexibility index (Phi) is 10.2. The number of alkyl halides is 3. The minimum absolute atomic E-state index is 0.0292. The monoisotopic (exact) mass is 539 g/mol. The van der Waals surface area contributed by atoms with Gasteiger partial charge in [-0.25, -0.2) is 13.2 Å². The average molecular weight is 540 g/mol. The molecule has 9 heteroatoms. The SMILES string of the molecule is COC(=O)c1ccc(CN(CCC2CCCCC2)S(=O)(=O)CCCC(F)(F)F)cc1-c1ccccc1C. The van der Waals surface area contributed by atoms with E-state index in [0.717, 1.165) is 36.8 Å². The van der Waals surface area contributed by atoms with E-state index < -0.39 is 40.8 Å². The molecule has 1 saturated carbocycles. The van der Waals surface area contributed by atoms with Gasteiger partial charge in [-0.1, -0.05) is 62.4 Å². The highest BCUT2D eigenvalue weighted by Gasteiger charge is 2.30. The first-order chi connectivity index (χ1) is 17.5. The van der Waals surface area contributed by atoms with E-state index in [-0.39, 0.29) is 13.1 Å². The Labute approximate surface area is 218 Å². The van der Waals surface area contributed by atoms with Gasteiger partial charge in [0.2, 0.25) is 10.0 Å². The summed E-state index contributed by atoms with van der Waals surface area (Å²) >= 11 is 0. The second-order valence-corrected chi connectivity index (χ2v) is 11.9. The Morgan fingerprint density at radius 2 is 1.76 bits per heavy atom. The summed E-state index contributed by atoms with van der Waals surface area (Å²) in [6, 6.07) is 12.7. The Bertz CT molecular complexity index is 1160. The molecule has 2 aromatic carbocycles. The number of carbonyl (C=O) groups excluding carboxylic acids is 1. The molecule has 0 atom stereocenters. The number of hydrogen-bond donors (Lipinski definition) is 0. The van der Waals surface area contributed by atoms with Gasteiger partial charge in [-0.2, -0.15) is 17.5 Å². The van der Waals surface area contributed by atoms with Gasteiger partial charge in [-0.15, -0.1) is 0 Å². The molecule has 0 radical (unpaired) electrons. The number of benzene rings is 2. The summed E-state index contributed by atoms with van der Waals surface area (Å²) in [5.74, 6) is -0.633. The average Bonchev–Trinajstić information content (AvgIpc) is 2.86. The fourth-order valence-corrected chi connectivity index (χ4v) is 6.48. The molecule has 1 aliphatic rings. The first-order valence-electron chi connectivity index (χ1n) is 12.8. The molecular weight excluding hydrogens is 503 g/mol. The normalized spacial score (nSPS) is 15.2. The van der Waals surface area contributed by atoms with Gasteiger partial charge in [0.05, 0.1) is 18.4 Å². The summed E-state index contributed by atoms with van der Waals surface area (Å²) < 4.78 is 70.8. The number of carbonyl (C=O) groups is 1. The lowest BCUT2D eigenvalue weighted by Gasteiger charge is -2.27. The van der Waals surface area contributed by atoms with Gasteiger partial charge < -0.3 is 4.74 Å². The largest absolute Gasteiger partial charge is 0.465 e. The molecule has 3 rings (SSSR count). The molecular formula is C28H36F3NO4S. The van der Waals surface area contributed by atoms with Gasteiger partial charge in [0, 0.05) is 19.5 Å². The second kappa shape index (κ2) is 12.9. The molecule has 0 amide bonds. The van der Waals surface area contributed by atoms with Gasteiger partial charge in [0.1, 0.15) is 0 Å². The van der Waals surface area contributed by atoms with E-state index in [1.165, 1.54) is 17.8 Å². The van der Waals surface area contributed by atoms with Crippen molar-refractivity contribution in [2.45, 2.75) is 71.0 Å². The van der Waals surface area contributed by atoms with Crippen molar-refractivity contribution in [3.05, 3.63) is 59.2 Å². The molecule has 1 fully saturated rings. The first-order valence-corrected chi connectivity index (χ1v) is 14.4. The van der Waals surface area contributed by atoms with E-state index in [4.69, 9.17) is 4.74 Å². The number of methoxy groups -OCH3 is 1. The number of halogens is 3. The van der Waals surface area contributed by atoms with Crippen molar-refractivity contribution >= 4 is 16.0 Å². The molecule has 2 aromatic rings. The van der Waals surface area contributed by atoms with E-state index in [2.05, 4.69) is 0 Å². The lowest BCUT2D eigenvalue weighted by Crippen LogP contribution is -2.35. The summed E-state index contributed by atoms with van der Waals surface area (Å²) in [4.78, 5) is 12.5. The lowest BCUT2D eigenvalue weighted by molar-refractivity contribution is -0.134. The van der Waals surface area contributed by atoms with Crippen molar-refractivity contribution in [3.8, 4) is 11.1 Å². The van der Waals surface area contributed by atoms with Crippen molar-refractivity contribution in [1.29, 1.82) is 0 Å². The van der Waals surface area contributed by atoms with Crippen LogP contribution in [0.5, 0.6) is 0 Å². The Hall–Kier alpha value is -2.39. The Morgan fingerprint density at radius 3 is 2.41 bits per heavy atom. The summed E-state index contributed by atoms with van der Waals surface area (Å²) in [5, 5.41) is 0. The second-order valence-electron chi connectivity index (χ2n) is 9.85. The maximum absolute atomic E-state index is 13.2. The number of ether oxygens (including phenoxy) is 1. The molecule has 0 saturated heterocycles. The third-order valence-corrected chi connectivity index (χ3v) is 8.95. The third kappa shape index (κ3) is 8.57. The summed E-state index contributed by atoms with van der Waals surface area (Å²) in [7, 11) is -2.61. The number of sulfonamides is 1. The van der Waals surface area contributed by atoms with Crippen LogP contribution in [0.4, 0.5) is 13.2 Å². The number of rotatable bonds is 11. The van der Waals surface area contributed by atoms with Crippen molar-refractivity contribution in [2.75, 3.05) is 19.4 Å². The Morgan fingerprint density at radius 1 is 1.05 bits per heavy atom. The third-order valence-electron chi connectivity index (χ3n) is 7.05. The zero-order valence-electron chi connectivity index (χ0n) is 21.5. The first kappa shape index (κ1) is 29.2. The molecule has 0 spiro atoms. The van der Waals surface area contributed by atoms with Crippen molar-refractivity contribution in [1.82, 2.24) is 4.31 Å². The highest BCUT2D eigenvalue weighted by Crippen LogP contribution is 2.31. The van der Waals surface area contributed by atoms with Gasteiger partial charge >= 0.3 is 12.1 Å². The van der Waals surface area contributed by atoms with Gasteiger partial charge in [-0.05, 0) is 60.1 Å². The van der Waals surface area contributed by atoms with Crippen LogP contribution < -0.4 is 0 Å². The molecule has 0 N–H and O–H groups in total. The summed E-state index contributed by atoms with van der Waals surface area (Å²) in [6.45, 7) is 2.21. The molecule has 0 aromatic heterocycles. The maximum atomic E-state index is 13.2. The van der Waals surface area contributed by atoms with Gasteiger partial charge in [0.15, 0.2) is 0 Å². The predicted molar refractivity (Wildman–Crippen MR) is 139 cm³/mol. The van der Waals surface area contributed by atoms with Crippen LogP contribution in [-0.4, -0.2) is 44.3 Å². The molecule has 5 nitrogen and oxygen atoms in total. The molecule has 204 valence electrons. The van der Waals surface area contributed by atoms with Crippen LogP contribution >= 0.6 is 0 Å². The van der Waals surface area contributed by atoms with Crippen molar-refractivity contribution in [2.24, 2.45) is 5.92 Å². The van der Waals surface area contributed by atoms with Crippen molar-refractivity contribution < 1.29 is 31.1 Å². The summed E-state index contributed by atoms with van der Waals surface area (Å²) in [5.41, 5.74) is 3.42. The van der Waals surface area contributed by atoms with Crippen LogP contribution in [0.1, 0.15) is 72.9 Å².